The lowest BCUT2D eigenvalue weighted by Crippen LogP contribution is -2.29. The van der Waals surface area contributed by atoms with E-state index in [1.54, 1.807) is 0 Å². The Labute approximate surface area is 118 Å². The molecule has 4 N–H and O–H groups in total. The highest BCUT2D eigenvalue weighted by Crippen LogP contribution is 2.30. The van der Waals surface area contributed by atoms with E-state index in [1.807, 2.05) is 0 Å². The SMILES string of the molecule is CCC(Nc1snc(N)c1C(=O)NC1CC1)C(C)C. The molecule has 0 bridgehead atoms. The Morgan fingerprint density at radius 2 is 2.21 bits per heavy atom. The number of aromatic nitrogens is 1. The monoisotopic (exact) mass is 282 g/mol. The van der Waals surface area contributed by atoms with Crippen LogP contribution in [0.15, 0.2) is 0 Å². The smallest absolute Gasteiger partial charge is 0.258 e. The van der Waals surface area contributed by atoms with E-state index < -0.39 is 0 Å². The molecule has 0 aliphatic heterocycles. The quantitative estimate of drug-likeness (QED) is 0.749. The van der Waals surface area contributed by atoms with Gasteiger partial charge in [-0.3, -0.25) is 4.79 Å². The molecule has 1 aromatic heterocycles. The van der Waals surface area contributed by atoms with Crippen LogP contribution in [0, 0.1) is 5.92 Å². The molecule has 0 aromatic carbocycles. The van der Waals surface area contributed by atoms with Crippen LogP contribution in [0.2, 0.25) is 0 Å². The van der Waals surface area contributed by atoms with Gasteiger partial charge in [0.15, 0.2) is 5.82 Å². The van der Waals surface area contributed by atoms with Crippen LogP contribution < -0.4 is 16.4 Å². The number of hydrogen-bond acceptors (Lipinski definition) is 5. The van der Waals surface area contributed by atoms with Gasteiger partial charge in [-0.05, 0) is 36.7 Å². The van der Waals surface area contributed by atoms with E-state index >= 15 is 0 Å². The third-order valence-corrected chi connectivity index (χ3v) is 4.21. The van der Waals surface area contributed by atoms with E-state index in [1.165, 1.54) is 11.5 Å². The summed E-state index contributed by atoms with van der Waals surface area (Å²) in [5.41, 5.74) is 6.34. The first-order chi connectivity index (χ1) is 9.02. The molecule has 1 saturated carbocycles. The van der Waals surface area contributed by atoms with E-state index in [0.717, 1.165) is 24.3 Å². The Morgan fingerprint density at radius 1 is 1.53 bits per heavy atom. The van der Waals surface area contributed by atoms with Gasteiger partial charge in [0, 0.05) is 12.1 Å². The average molecular weight is 282 g/mol. The number of rotatable bonds is 6. The largest absolute Gasteiger partial charge is 0.382 e. The van der Waals surface area contributed by atoms with Gasteiger partial charge in [0.25, 0.3) is 5.91 Å². The zero-order valence-electron chi connectivity index (χ0n) is 11.7. The molecule has 19 heavy (non-hydrogen) atoms. The lowest BCUT2D eigenvalue weighted by molar-refractivity contribution is 0.0953. The summed E-state index contributed by atoms with van der Waals surface area (Å²) in [6.07, 6.45) is 3.13. The van der Waals surface area contributed by atoms with Gasteiger partial charge in [-0.2, -0.15) is 4.37 Å². The molecule has 0 radical (unpaired) electrons. The summed E-state index contributed by atoms with van der Waals surface area (Å²) in [4.78, 5) is 12.2. The van der Waals surface area contributed by atoms with Crippen molar-refractivity contribution in [3.05, 3.63) is 5.56 Å². The van der Waals surface area contributed by atoms with Crippen LogP contribution in [0.1, 0.15) is 50.4 Å². The molecule has 1 aliphatic carbocycles. The first kappa shape index (κ1) is 14.1. The summed E-state index contributed by atoms with van der Waals surface area (Å²) in [6.45, 7) is 6.46. The number of anilines is 2. The standard InChI is InChI=1S/C13H22N4OS/c1-4-9(7(2)3)16-13-10(11(14)17-19-13)12(18)15-8-5-6-8/h7-9,16H,4-6H2,1-3H3,(H2,14,17)(H,15,18). The summed E-state index contributed by atoms with van der Waals surface area (Å²) in [7, 11) is 0. The van der Waals surface area contributed by atoms with Gasteiger partial charge in [0.1, 0.15) is 10.6 Å². The Balaban J connectivity index is 2.13. The average Bonchev–Trinajstić information content (AvgIpc) is 3.08. The minimum absolute atomic E-state index is 0.102. The predicted molar refractivity (Wildman–Crippen MR) is 79.6 cm³/mol. The molecule has 0 saturated heterocycles. The highest BCUT2D eigenvalue weighted by molar-refractivity contribution is 7.11. The molecule has 2 rings (SSSR count). The third kappa shape index (κ3) is 3.37. The van der Waals surface area contributed by atoms with Crippen LogP contribution in [0.5, 0.6) is 0 Å². The zero-order chi connectivity index (χ0) is 14.0. The van der Waals surface area contributed by atoms with Crippen molar-refractivity contribution in [1.29, 1.82) is 0 Å². The molecule has 1 unspecified atom stereocenters. The van der Waals surface area contributed by atoms with Crippen molar-refractivity contribution < 1.29 is 4.79 Å². The summed E-state index contributed by atoms with van der Waals surface area (Å²) >= 11 is 1.27. The van der Waals surface area contributed by atoms with E-state index in [2.05, 4.69) is 35.8 Å². The van der Waals surface area contributed by atoms with E-state index in [4.69, 9.17) is 5.73 Å². The summed E-state index contributed by atoms with van der Waals surface area (Å²) < 4.78 is 4.11. The van der Waals surface area contributed by atoms with Gasteiger partial charge in [-0.25, -0.2) is 0 Å². The van der Waals surface area contributed by atoms with Gasteiger partial charge in [0.05, 0.1) is 0 Å². The maximum Gasteiger partial charge on any atom is 0.258 e. The Morgan fingerprint density at radius 3 is 2.74 bits per heavy atom. The van der Waals surface area contributed by atoms with Crippen molar-refractivity contribution in [2.75, 3.05) is 11.1 Å². The number of nitrogens with two attached hydrogens (primary N) is 1. The second-order valence-electron chi connectivity index (χ2n) is 5.42. The van der Waals surface area contributed by atoms with Crippen LogP contribution in [-0.4, -0.2) is 22.4 Å². The number of hydrogen-bond donors (Lipinski definition) is 3. The first-order valence-electron chi connectivity index (χ1n) is 6.85. The highest BCUT2D eigenvalue weighted by atomic mass is 32.1. The van der Waals surface area contributed by atoms with Gasteiger partial charge in [0.2, 0.25) is 0 Å². The van der Waals surface area contributed by atoms with Crippen molar-refractivity contribution in [1.82, 2.24) is 9.69 Å². The van der Waals surface area contributed by atoms with Gasteiger partial charge in [-0.15, -0.1) is 0 Å². The van der Waals surface area contributed by atoms with E-state index in [9.17, 15) is 4.79 Å². The molecular formula is C13H22N4OS. The second kappa shape index (κ2) is 5.77. The zero-order valence-corrected chi connectivity index (χ0v) is 12.5. The molecule has 6 heteroatoms. The molecule has 1 atom stereocenters. The topological polar surface area (TPSA) is 80.0 Å². The lowest BCUT2D eigenvalue weighted by Gasteiger charge is -2.21. The minimum atomic E-state index is -0.102. The maximum atomic E-state index is 12.2. The van der Waals surface area contributed by atoms with Crippen LogP contribution in [0.25, 0.3) is 0 Å². The molecule has 1 aliphatic rings. The molecular weight excluding hydrogens is 260 g/mol. The molecule has 1 fully saturated rings. The van der Waals surface area contributed by atoms with Crippen LogP contribution >= 0.6 is 11.5 Å². The van der Waals surface area contributed by atoms with Crippen LogP contribution in [0.4, 0.5) is 10.8 Å². The predicted octanol–water partition coefficient (Wildman–Crippen LogP) is 2.46. The maximum absolute atomic E-state index is 12.2. The van der Waals surface area contributed by atoms with Gasteiger partial charge < -0.3 is 16.4 Å². The Bertz CT molecular complexity index is 453. The van der Waals surface area contributed by atoms with Gasteiger partial charge in [-0.1, -0.05) is 20.8 Å². The fourth-order valence-electron chi connectivity index (χ4n) is 2.01. The van der Waals surface area contributed by atoms with Crippen molar-refractivity contribution in [3.63, 3.8) is 0 Å². The van der Waals surface area contributed by atoms with Crippen molar-refractivity contribution >= 4 is 28.3 Å². The fraction of sp³-hybridized carbons (Fsp3) is 0.692. The summed E-state index contributed by atoms with van der Waals surface area (Å²) in [5, 5.41) is 7.16. The summed E-state index contributed by atoms with van der Waals surface area (Å²) in [6, 6.07) is 0.652. The molecule has 0 spiro atoms. The van der Waals surface area contributed by atoms with Crippen LogP contribution in [-0.2, 0) is 0 Å². The number of nitrogens with one attached hydrogen (secondary N) is 2. The van der Waals surface area contributed by atoms with Crippen molar-refractivity contribution in [3.8, 4) is 0 Å². The number of carbonyl (C=O) groups excluding carboxylic acids is 1. The number of nitrogens with zero attached hydrogens (tertiary/aromatic N) is 1. The lowest BCUT2D eigenvalue weighted by atomic mass is 10.0. The molecule has 106 valence electrons. The number of nitrogen functional groups attached to an aromatic ring is 1. The highest BCUT2D eigenvalue weighted by Gasteiger charge is 2.28. The Kier molecular flexibility index (Phi) is 4.29. The fourth-order valence-corrected chi connectivity index (χ4v) is 2.79. The second-order valence-corrected chi connectivity index (χ2v) is 6.20. The first-order valence-corrected chi connectivity index (χ1v) is 7.62. The molecule has 5 nitrogen and oxygen atoms in total. The normalized spacial score (nSPS) is 16.4. The van der Waals surface area contributed by atoms with E-state index in [-0.39, 0.29) is 5.91 Å². The third-order valence-electron chi connectivity index (χ3n) is 3.42. The minimum Gasteiger partial charge on any atom is -0.382 e. The van der Waals surface area contributed by atoms with E-state index in [0.29, 0.717) is 29.4 Å². The van der Waals surface area contributed by atoms with Crippen molar-refractivity contribution in [2.24, 2.45) is 5.92 Å². The van der Waals surface area contributed by atoms with Crippen molar-refractivity contribution in [2.45, 2.75) is 52.1 Å². The molecule has 1 heterocycles. The molecule has 1 amide bonds. The van der Waals surface area contributed by atoms with Crippen LogP contribution in [0.3, 0.4) is 0 Å². The summed E-state index contributed by atoms with van der Waals surface area (Å²) in [5.74, 6) is 0.715. The van der Waals surface area contributed by atoms with Gasteiger partial charge >= 0.3 is 0 Å². The Hall–Kier alpha value is -1.30. The number of amides is 1. The molecule has 1 aromatic rings. The number of carbonyl (C=O) groups is 1.